The van der Waals surface area contributed by atoms with E-state index >= 15 is 0 Å². The zero-order valence-electron chi connectivity index (χ0n) is 11.6. The van der Waals surface area contributed by atoms with Crippen molar-refractivity contribution < 1.29 is 4.79 Å². The van der Waals surface area contributed by atoms with Crippen LogP contribution in [0.1, 0.15) is 10.4 Å². The Morgan fingerprint density at radius 2 is 1.44 bits per heavy atom. The van der Waals surface area contributed by atoms with Gasteiger partial charge in [0.15, 0.2) is 5.78 Å². The topological polar surface area (TPSA) is 23.6 Å². The molecule has 0 saturated carbocycles. The van der Waals surface area contributed by atoms with Crippen LogP contribution in [0.5, 0.6) is 0 Å². The second-order valence-electron chi connectivity index (χ2n) is 4.95. The summed E-state index contributed by atoms with van der Waals surface area (Å²) in [5.74, 6) is 0.260. The van der Waals surface area contributed by atoms with Crippen molar-refractivity contribution in [1.29, 1.82) is 0 Å². The van der Waals surface area contributed by atoms with E-state index in [0.717, 1.165) is 18.7 Å². The minimum absolute atomic E-state index is 0. The van der Waals surface area contributed by atoms with Crippen LogP contribution in [0.3, 0.4) is 0 Å². The van der Waals surface area contributed by atoms with Gasteiger partial charge < -0.3 is 9.80 Å². The SMILES string of the molecule is CN(C)CC(CN(C)C)C(=O)c1ccccc1.Cl. The van der Waals surface area contributed by atoms with Gasteiger partial charge in [0.25, 0.3) is 0 Å². The number of benzene rings is 1. The summed E-state index contributed by atoms with van der Waals surface area (Å²) < 4.78 is 0. The maximum atomic E-state index is 12.4. The minimum Gasteiger partial charge on any atom is -0.309 e. The van der Waals surface area contributed by atoms with Crippen LogP contribution in [0.2, 0.25) is 0 Å². The molecule has 0 radical (unpaired) electrons. The molecule has 0 aromatic heterocycles. The summed E-state index contributed by atoms with van der Waals surface area (Å²) >= 11 is 0. The van der Waals surface area contributed by atoms with Crippen molar-refractivity contribution in [3.8, 4) is 0 Å². The summed E-state index contributed by atoms with van der Waals surface area (Å²) in [6, 6.07) is 9.54. The first kappa shape index (κ1) is 17.1. The highest BCUT2D eigenvalue weighted by molar-refractivity contribution is 5.98. The Hall–Kier alpha value is -0.900. The van der Waals surface area contributed by atoms with E-state index in [1.54, 1.807) is 0 Å². The molecule has 3 nitrogen and oxygen atoms in total. The number of carbonyl (C=O) groups excluding carboxylic acids is 1. The van der Waals surface area contributed by atoms with Crippen LogP contribution < -0.4 is 0 Å². The average molecular weight is 271 g/mol. The molecule has 102 valence electrons. The van der Waals surface area contributed by atoms with E-state index in [1.807, 2.05) is 58.5 Å². The molecular weight excluding hydrogens is 248 g/mol. The fourth-order valence-corrected chi connectivity index (χ4v) is 1.94. The molecule has 4 heteroatoms. The summed E-state index contributed by atoms with van der Waals surface area (Å²) in [7, 11) is 8.00. The van der Waals surface area contributed by atoms with E-state index in [2.05, 4.69) is 9.80 Å². The summed E-state index contributed by atoms with van der Waals surface area (Å²) in [5, 5.41) is 0. The Kier molecular flexibility index (Phi) is 7.83. The molecule has 0 heterocycles. The average Bonchev–Trinajstić information content (AvgIpc) is 2.27. The van der Waals surface area contributed by atoms with Crippen molar-refractivity contribution in [3.05, 3.63) is 35.9 Å². The molecule has 0 N–H and O–H groups in total. The number of ketones is 1. The molecule has 1 aromatic rings. The van der Waals surface area contributed by atoms with Gasteiger partial charge >= 0.3 is 0 Å². The van der Waals surface area contributed by atoms with Gasteiger partial charge in [-0.2, -0.15) is 0 Å². The first-order valence-electron chi connectivity index (χ1n) is 5.89. The first-order chi connectivity index (χ1) is 8.00. The maximum Gasteiger partial charge on any atom is 0.168 e. The molecule has 0 atom stereocenters. The molecule has 0 unspecified atom stereocenters. The van der Waals surface area contributed by atoms with Gasteiger partial charge in [-0.05, 0) is 28.2 Å². The zero-order chi connectivity index (χ0) is 12.8. The molecule has 18 heavy (non-hydrogen) atoms. The Morgan fingerprint density at radius 1 is 1.00 bits per heavy atom. The Bertz CT molecular complexity index is 342. The van der Waals surface area contributed by atoms with Crippen molar-refractivity contribution in [2.24, 2.45) is 5.92 Å². The predicted octanol–water partition coefficient (Wildman–Crippen LogP) is 2.03. The van der Waals surface area contributed by atoms with Crippen LogP contribution in [0.25, 0.3) is 0 Å². The Labute approximate surface area is 116 Å². The minimum atomic E-state index is 0. The molecule has 0 amide bonds. The molecule has 0 fully saturated rings. The lowest BCUT2D eigenvalue weighted by atomic mass is 9.97. The standard InChI is InChI=1S/C14H22N2O.ClH/c1-15(2)10-13(11-16(3)4)14(17)12-8-6-5-7-9-12;/h5-9,13H,10-11H2,1-4H3;1H. The van der Waals surface area contributed by atoms with Crippen LogP contribution in [-0.4, -0.2) is 56.9 Å². The molecule has 0 aliphatic carbocycles. The van der Waals surface area contributed by atoms with E-state index in [-0.39, 0.29) is 24.1 Å². The lowest BCUT2D eigenvalue weighted by Gasteiger charge is -2.23. The lowest BCUT2D eigenvalue weighted by molar-refractivity contribution is 0.0871. The fourth-order valence-electron chi connectivity index (χ4n) is 1.94. The number of hydrogen-bond donors (Lipinski definition) is 0. The molecule has 1 rings (SSSR count). The largest absolute Gasteiger partial charge is 0.309 e. The van der Waals surface area contributed by atoms with Crippen LogP contribution in [-0.2, 0) is 0 Å². The number of rotatable bonds is 6. The van der Waals surface area contributed by atoms with Gasteiger partial charge in [-0.1, -0.05) is 30.3 Å². The van der Waals surface area contributed by atoms with E-state index in [9.17, 15) is 4.79 Å². The number of hydrogen-bond acceptors (Lipinski definition) is 3. The summed E-state index contributed by atoms with van der Waals surface area (Å²) in [5.41, 5.74) is 0.807. The Morgan fingerprint density at radius 3 is 1.83 bits per heavy atom. The monoisotopic (exact) mass is 270 g/mol. The highest BCUT2D eigenvalue weighted by atomic mass is 35.5. The molecule has 0 aliphatic rings. The lowest BCUT2D eigenvalue weighted by Crippen LogP contribution is -2.35. The molecule has 0 saturated heterocycles. The first-order valence-corrected chi connectivity index (χ1v) is 5.89. The Balaban J connectivity index is 0.00000289. The third-order valence-electron chi connectivity index (χ3n) is 2.60. The van der Waals surface area contributed by atoms with Crippen LogP contribution in [0, 0.1) is 5.92 Å². The van der Waals surface area contributed by atoms with Gasteiger partial charge in [0.2, 0.25) is 0 Å². The fraction of sp³-hybridized carbons (Fsp3) is 0.500. The summed E-state index contributed by atoms with van der Waals surface area (Å²) in [6.45, 7) is 1.57. The van der Waals surface area contributed by atoms with Gasteiger partial charge in [0, 0.05) is 24.6 Å². The van der Waals surface area contributed by atoms with Gasteiger partial charge in [-0.3, -0.25) is 4.79 Å². The van der Waals surface area contributed by atoms with Crippen molar-refractivity contribution in [2.75, 3.05) is 41.3 Å². The van der Waals surface area contributed by atoms with Gasteiger partial charge in [0.05, 0.1) is 0 Å². The third kappa shape index (κ3) is 5.63. The molecule has 0 spiro atoms. The number of carbonyl (C=O) groups is 1. The highest BCUT2D eigenvalue weighted by Crippen LogP contribution is 2.11. The van der Waals surface area contributed by atoms with Crippen LogP contribution in [0.15, 0.2) is 30.3 Å². The predicted molar refractivity (Wildman–Crippen MR) is 78.6 cm³/mol. The van der Waals surface area contributed by atoms with Crippen molar-refractivity contribution in [3.63, 3.8) is 0 Å². The number of nitrogens with zero attached hydrogens (tertiary/aromatic N) is 2. The van der Waals surface area contributed by atoms with E-state index in [1.165, 1.54) is 0 Å². The zero-order valence-corrected chi connectivity index (χ0v) is 12.4. The summed E-state index contributed by atoms with van der Waals surface area (Å²) in [4.78, 5) is 16.5. The van der Waals surface area contributed by atoms with Gasteiger partial charge in [-0.15, -0.1) is 12.4 Å². The van der Waals surface area contributed by atoms with E-state index in [0.29, 0.717) is 0 Å². The van der Waals surface area contributed by atoms with Crippen LogP contribution in [0.4, 0.5) is 0 Å². The van der Waals surface area contributed by atoms with Gasteiger partial charge in [0.1, 0.15) is 0 Å². The maximum absolute atomic E-state index is 12.4. The van der Waals surface area contributed by atoms with Crippen LogP contribution >= 0.6 is 12.4 Å². The highest BCUT2D eigenvalue weighted by Gasteiger charge is 2.21. The number of Topliss-reactive ketones (excluding diaryl/α,β-unsaturated/α-hetero) is 1. The van der Waals surface area contributed by atoms with E-state index < -0.39 is 0 Å². The number of halogens is 1. The molecule has 0 bridgehead atoms. The quantitative estimate of drug-likeness (QED) is 0.739. The second kappa shape index (κ2) is 8.25. The molecule has 0 aliphatic heterocycles. The van der Waals surface area contributed by atoms with E-state index in [4.69, 9.17) is 0 Å². The summed E-state index contributed by atoms with van der Waals surface area (Å²) in [6.07, 6.45) is 0. The molecular formula is C14H23ClN2O. The van der Waals surface area contributed by atoms with Crippen molar-refractivity contribution >= 4 is 18.2 Å². The second-order valence-corrected chi connectivity index (χ2v) is 4.95. The molecule has 1 aromatic carbocycles. The van der Waals surface area contributed by atoms with Crippen molar-refractivity contribution in [1.82, 2.24) is 9.80 Å². The van der Waals surface area contributed by atoms with Gasteiger partial charge in [-0.25, -0.2) is 0 Å². The van der Waals surface area contributed by atoms with Crippen molar-refractivity contribution in [2.45, 2.75) is 0 Å². The third-order valence-corrected chi connectivity index (χ3v) is 2.60. The normalized spacial score (nSPS) is 10.8. The smallest absolute Gasteiger partial charge is 0.168 e.